The van der Waals surface area contributed by atoms with Gasteiger partial charge in [0.25, 0.3) is 0 Å². The summed E-state index contributed by atoms with van der Waals surface area (Å²) in [7, 11) is 0. The van der Waals surface area contributed by atoms with E-state index in [-0.39, 0.29) is 12.4 Å². The molecule has 0 bridgehead atoms. The molecule has 0 atom stereocenters. The van der Waals surface area contributed by atoms with Crippen molar-refractivity contribution in [2.24, 2.45) is 10.7 Å². The number of carbonyl (C=O) groups excluding carboxylic acids is 1. The molecule has 4 N–H and O–H groups in total. The van der Waals surface area contributed by atoms with Crippen LogP contribution in [0.5, 0.6) is 0 Å². The summed E-state index contributed by atoms with van der Waals surface area (Å²) in [6.45, 7) is 7.09. The lowest BCUT2D eigenvalue weighted by molar-refractivity contribution is -0.135. The van der Waals surface area contributed by atoms with Crippen LogP contribution in [0.25, 0.3) is 0 Å². The lowest BCUT2D eigenvalue weighted by Gasteiger charge is -2.33. The number of nitrogens with two attached hydrogens (primary N) is 1. The molecule has 11 heteroatoms. The number of urea groups is 1. The molecule has 1 aliphatic heterocycles. The van der Waals surface area contributed by atoms with Crippen molar-refractivity contribution in [2.45, 2.75) is 58.8 Å². The molecule has 7 nitrogen and oxygen atoms in total. The van der Waals surface area contributed by atoms with E-state index in [4.69, 9.17) is 27.7 Å². The molecule has 222 valence electrons. The zero-order valence-electron chi connectivity index (χ0n) is 23.7. The van der Waals surface area contributed by atoms with Crippen molar-refractivity contribution in [3.63, 3.8) is 0 Å². The van der Waals surface area contributed by atoms with Crippen LogP contribution in [0.15, 0.2) is 64.8 Å². The summed E-state index contributed by atoms with van der Waals surface area (Å²) in [4.78, 5) is 21.0. The number of hydrogen-bond donors (Lipinski definition) is 3. The van der Waals surface area contributed by atoms with E-state index in [1.54, 1.807) is 30.3 Å². The fraction of sp³-hybridized carbons (Fsp3) is 0.433. The van der Waals surface area contributed by atoms with Crippen LogP contribution in [0, 0.1) is 5.41 Å². The summed E-state index contributed by atoms with van der Waals surface area (Å²) in [6, 6.07) is 13.8. The number of halogens is 4. The topological polar surface area (TPSA) is 97.8 Å². The van der Waals surface area contributed by atoms with Gasteiger partial charge in [-0.05, 0) is 49.5 Å². The summed E-state index contributed by atoms with van der Waals surface area (Å²) < 4.78 is 39.2. The van der Waals surface area contributed by atoms with Crippen molar-refractivity contribution >= 4 is 29.2 Å². The molecule has 0 spiro atoms. The van der Waals surface area contributed by atoms with Gasteiger partial charge in [-0.15, -0.1) is 0 Å². The molecule has 3 rings (SSSR count). The Morgan fingerprint density at radius 1 is 1.20 bits per heavy atom. The van der Waals surface area contributed by atoms with E-state index in [1.807, 2.05) is 25.1 Å². The number of likely N-dealkylation sites (tertiary alicyclic amines) is 1. The Kier molecular flexibility index (Phi) is 11.4. The Balaban J connectivity index is 1.80. The number of alkyl halides is 3. The van der Waals surface area contributed by atoms with E-state index >= 15 is 0 Å². The largest absolute Gasteiger partial charge is 0.400 e. The van der Waals surface area contributed by atoms with Crippen molar-refractivity contribution in [3.05, 3.63) is 81.5 Å². The molecule has 41 heavy (non-hydrogen) atoms. The number of carbonyl (C=O) groups is 1. The second-order valence-corrected chi connectivity index (χ2v) is 10.7. The van der Waals surface area contributed by atoms with Gasteiger partial charge in [0.1, 0.15) is 5.84 Å². The predicted octanol–water partition coefficient (Wildman–Crippen LogP) is 6.16. The molecule has 0 unspecified atom stereocenters. The summed E-state index contributed by atoms with van der Waals surface area (Å²) in [5.41, 5.74) is 10.7. The Hall–Kier alpha value is -3.37. The molecular weight excluding hydrogens is 553 g/mol. The van der Waals surface area contributed by atoms with Crippen LogP contribution in [0.2, 0.25) is 5.02 Å². The fourth-order valence-corrected chi connectivity index (χ4v) is 4.68. The number of nitrogens with zero attached hydrogens (tertiary/aromatic N) is 3. The Morgan fingerprint density at radius 3 is 2.49 bits per heavy atom. The average Bonchev–Trinajstić information content (AvgIpc) is 2.94. The number of rotatable bonds is 9. The smallest absolute Gasteiger partial charge is 0.390 e. The van der Waals surface area contributed by atoms with E-state index in [0.29, 0.717) is 41.8 Å². The van der Waals surface area contributed by atoms with Gasteiger partial charge < -0.3 is 11.1 Å². The summed E-state index contributed by atoms with van der Waals surface area (Å²) in [5, 5.41) is 11.8. The van der Waals surface area contributed by atoms with Crippen LogP contribution in [0.4, 0.5) is 18.0 Å². The van der Waals surface area contributed by atoms with Gasteiger partial charge in [0, 0.05) is 42.0 Å². The monoisotopic (exact) mass is 590 g/mol. The minimum absolute atomic E-state index is 0.0917. The third-order valence-corrected chi connectivity index (χ3v) is 7.43. The summed E-state index contributed by atoms with van der Waals surface area (Å²) in [5.74, 6) is -0.312. The van der Waals surface area contributed by atoms with Gasteiger partial charge in [0.05, 0.1) is 25.2 Å². The minimum Gasteiger partial charge on any atom is -0.400 e. The quantitative estimate of drug-likeness (QED) is 0.241. The zero-order valence-corrected chi connectivity index (χ0v) is 24.4. The van der Waals surface area contributed by atoms with Crippen molar-refractivity contribution in [1.82, 2.24) is 15.1 Å². The standard InChI is InChI=1S/C30H38ClF3N6O/c1-4-21-9-11-22(12-10-21)28(36)40(16-14-30(32,33)34)29(41)38-18-26(35)24-13-15-39(20(2)3)19-27(24)37-17-23-7-5-6-8-25(23)31/h5-12,20,36H,4,13-19,35H2,1-3H3,(H,38,41)/b26-24-,36-28?,37-27?. The second-order valence-electron chi connectivity index (χ2n) is 10.2. The first-order chi connectivity index (χ1) is 19.4. The van der Waals surface area contributed by atoms with Gasteiger partial charge in [-0.3, -0.25) is 20.2 Å². The third-order valence-electron chi connectivity index (χ3n) is 7.07. The zero-order chi connectivity index (χ0) is 30.2. The molecule has 0 aliphatic carbocycles. The maximum Gasteiger partial charge on any atom is 0.390 e. The van der Waals surface area contributed by atoms with Crippen molar-refractivity contribution < 1.29 is 18.0 Å². The number of aliphatic imine (C=N–C) groups is 1. The molecule has 2 aromatic carbocycles. The SMILES string of the molecule is CCc1ccc(C(=N)N(CCC(F)(F)F)C(=O)NC/C(N)=C2\CCN(C(C)C)CC2=NCc2ccccc2Cl)cc1. The van der Waals surface area contributed by atoms with Crippen LogP contribution in [-0.2, 0) is 13.0 Å². The van der Waals surface area contributed by atoms with Crippen LogP contribution in [-0.4, -0.2) is 65.8 Å². The molecule has 0 aromatic heterocycles. The van der Waals surface area contributed by atoms with Crippen LogP contribution < -0.4 is 11.1 Å². The molecule has 0 radical (unpaired) electrons. The average molecular weight is 591 g/mol. The number of nitrogens with one attached hydrogen (secondary N) is 2. The third kappa shape index (κ3) is 9.33. The van der Waals surface area contributed by atoms with Crippen LogP contribution in [0.3, 0.4) is 0 Å². The Bertz CT molecular complexity index is 1270. The van der Waals surface area contributed by atoms with Crippen LogP contribution >= 0.6 is 11.6 Å². The second kappa shape index (κ2) is 14.5. The number of amidine groups is 1. The molecule has 2 amide bonds. The first-order valence-electron chi connectivity index (χ1n) is 13.7. The molecule has 1 heterocycles. The fourth-order valence-electron chi connectivity index (χ4n) is 4.49. The van der Waals surface area contributed by atoms with Gasteiger partial charge in [-0.1, -0.05) is 61.0 Å². The van der Waals surface area contributed by atoms with Gasteiger partial charge >= 0.3 is 12.2 Å². The highest BCUT2D eigenvalue weighted by atomic mass is 35.5. The molecule has 0 saturated carbocycles. The van der Waals surface area contributed by atoms with E-state index in [1.165, 1.54) is 0 Å². The van der Waals surface area contributed by atoms with Crippen molar-refractivity contribution in [3.8, 4) is 0 Å². The number of amides is 2. The maximum atomic E-state index is 13.1. The molecule has 1 aliphatic rings. The molecule has 2 aromatic rings. The number of benzene rings is 2. The number of aryl methyl sites for hydroxylation is 1. The number of piperidine rings is 1. The highest BCUT2D eigenvalue weighted by Gasteiger charge is 2.31. The first kappa shape index (κ1) is 32.1. The highest BCUT2D eigenvalue weighted by molar-refractivity contribution is 6.31. The highest BCUT2D eigenvalue weighted by Crippen LogP contribution is 2.22. The summed E-state index contributed by atoms with van der Waals surface area (Å²) in [6.07, 6.45) is -4.34. The molecule has 1 fully saturated rings. The lowest BCUT2D eigenvalue weighted by Crippen LogP contribution is -2.47. The minimum atomic E-state index is -4.48. The van der Waals surface area contributed by atoms with E-state index < -0.39 is 25.2 Å². The van der Waals surface area contributed by atoms with Gasteiger partial charge in [-0.25, -0.2) is 4.79 Å². The van der Waals surface area contributed by atoms with Crippen molar-refractivity contribution in [1.29, 1.82) is 5.41 Å². The Morgan fingerprint density at radius 2 is 1.88 bits per heavy atom. The van der Waals surface area contributed by atoms with E-state index in [0.717, 1.165) is 40.3 Å². The normalized spacial score (nSPS) is 16.6. The molecular formula is C30H38ClF3N6O. The van der Waals surface area contributed by atoms with Crippen LogP contribution in [0.1, 0.15) is 50.3 Å². The maximum absolute atomic E-state index is 13.1. The van der Waals surface area contributed by atoms with Gasteiger partial charge in [-0.2, -0.15) is 13.2 Å². The number of hydrogen-bond acceptors (Lipinski definition) is 5. The summed E-state index contributed by atoms with van der Waals surface area (Å²) >= 11 is 6.32. The first-order valence-corrected chi connectivity index (χ1v) is 14.1. The predicted molar refractivity (Wildman–Crippen MR) is 159 cm³/mol. The molecule has 1 saturated heterocycles. The lowest BCUT2D eigenvalue weighted by atomic mass is 9.98. The van der Waals surface area contributed by atoms with E-state index in [9.17, 15) is 18.0 Å². The van der Waals surface area contributed by atoms with Gasteiger partial charge in [0.15, 0.2) is 0 Å². The van der Waals surface area contributed by atoms with Crippen molar-refractivity contribution in [2.75, 3.05) is 26.2 Å². The Labute approximate surface area is 244 Å². The van der Waals surface area contributed by atoms with Gasteiger partial charge in [0.2, 0.25) is 0 Å². The van der Waals surface area contributed by atoms with E-state index in [2.05, 4.69) is 24.1 Å².